The Morgan fingerprint density at radius 1 is 1.20 bits per heavy atom. The Hall–Kier alpha value is -2.04. The second-order valence-electron chi connectivity index (χ2n) is 8.97. The van der Waals surface area contributed by atoms with Crippen molar-refractivity contribution in [3.05, 3.63) is 51.5 Å². The first-order valence-electron chi connectivity index (χ1n) is 11.3. The molecular weight excluding hydrogens is 513 g/mol. The Morgan fingerprint density at radius 2 is 1.86 bits per heavy atom. The molecule has 0 saturated carbocycles. The molecule has 1 aliphatic heterocycles. The molecule has 0 aromatic heterocycles. The van der Waals surface area contributed by atoms with Gasteiger partial charge in [-0.05, 0) is 55.0 Å². The molecule has 192 valence electrons. The monoisotopic (exact) mass is 543 g/mol. The van der Waals surface area contributed by atoms with E-state index in [2.05, 4.69) is 13.8 Å². The van der Waals surface area contributed by atoms with E-state index in [-0.39, 0.29) is 39.1 Å². The van der Waals surface area contributed by atoms with Crippen LogP contribution in [0.25, 0.3) is 0 Å². The van der Waals surface area contributed by atoms with Crippen LogP contribution in [-0.4, -0.2) is 57.3 Å². The highest BCUT2D eigenvalue weighted by Crippen LogP contribution is 2.40. The van der Waals surface area contributed by atoms with E-state index in [0.29, 0.717) is 38.2 Å². The summed E-state index contributed by atoms with van der Waals surface area (Å²) >= 11 is 13.0. The number of methoxy groups -OCH3 is 1. The topological polar surface area (TPSA) is 102 Å². The molecule has 2 aromatic carbocycles. The molecule has 1 heterocycles. The first-order chi connectivity index (χ1) is 16.4. The molecular formula is C24H31Cl2N3O5S. The summed E-state index contributed by atoms with van der Waals surface area (Å²) in [5.41, 5.74) is 1.24. The second kappa shape index (κ2) is 11.3. The molecule has 1 fully saturated rings. The lowest BCUT2D eigenvalue weighted by Gasteiger charge is -2.32. The summed E-state index contributed by atoms with van der Waals surface area (Å²) < 4.78 is 35.7. The lowest BCUT2D eigenvalue weighted by atomic mass is 9.97. The van der Waals surface area contributed by atoms with Gasteiger partial charge in [0, 0.05) is 32.2 Å². The highest BCUT2D eigenvalue weighted by molar-refractivity contribution is 7.86. The first-order valence-corrected chi connectivity index (χ1v) is 13.5. The van der Waals surface area contributed by atoms with Gasteiger partial charge in [0.2, 0.25) is 0 Å². The summed E-state index contributed by atoms with van der Waals surface area (Å²) in [6.07, 6.45) is 1.23. The second-order valence-corrected chi connectivity index (χ2v) is 11.3. The van der Waals surface area contributed by atoms with E-state index in [1.807, 2.05) is 12.1 Å². The first kappa shape index (κ1) is 27.5. The highest BCUT2D eigenvalue weighted by Gasteiger charge is 2.28. The molecule has 0 atom stereocenters. The molecule has 0 bridgehead atoms. The summed E-state index contributed by atoms with van der Waals surface area (Å²) in [5, 5.41) is 5.62. The smallest absolute Gasteiger partial charge is 0.276 e. The molecule has 2 N–H and O–H groups in total. The third kappa shape index (κ3) is 6.59. The predicted molar refractivity (Wildman–Crippen MR) is 138 cm³/mol. The van der Waals surface area contributed by atoms with Gasteiger partial charge in [0.15, 0.2) is 5.75 Å². The molecule has 3 rings (SSSR count). The highest BCUT2D eigenvalue weighted by atomic mass is 35.5. The van der Waals surface area contributed by atoms with E-state index in [0.717, 1.165) is 11.3 Å². The van der Waals surface area contributed by atoms with Crippen LogP contribution >= 0.6 is 23.2 Å². The average molecular weight is 545 g/mol. The molecule has 1 saturated heterocycles. The van der Waals surface area contributed by atoms with E-state index in [1.165, 1.54) is 4.31 Å². The average Bonchev–Trinajstić information content (AvgIpc) is 2.81. The van der Waals surface area contributed by atoms with Gasteiger partial charge in [-0.2, -0.15) is 12.7 Å². The van der Waals surface area contributed by atoms with Gasteiger partial charge in [-0.25, -0.2) is 5.14 Å². The van der Waals surface area contributed by atoms with Crippen molar-refractivity contribution in [2.45, 2.75) is 32.6 Å². The largest absolute Gasteiger partial charge is 0.496 e. The molecule has 11 heteroatoms. The zero-order valence-corrected chi connectivity index (χ0v) is 22.6. The fraction of sp³-hybridized carbons (Fsp3) is 0.458. The van der Waals surface area contributed by atoms with Crippen molar-refractivity contribution in [2.75, 3.05) is 33.8 Å². The number of ether oxygens (including phenoxy) is 2. The van der Waals surface area contributed by atoms with Gasteiger partial charge in [-0.15, -0.1) is 0 Å². The van der Waals surface area contributed by atoms with Crippen molar-refractivity contribution in [2.24, 2.45) is 11.1 Å². The van der Waals surface area contributed by atoms with Crippen molar-refractivity contribution < 1.29 is 22.7 Å². The van der Waals surface area contributed by atoms with E-state index in [1.54, 1.807) is 37.3 Å². The Bertz CT molecular complexity index is 1180. The van der Waals surface area contributed by atoms with Crippen LogP contribution in [0.4, 0.5) is 0 Å². The van der Waals surface area contributed by atoms with Crippen LogP contribution in [0, 0.1) is 5.92 Å². The fourth-order valence-corrected chi connectivity index (χ4v) is 5.41. The Labute approximate surface area is 217 Å². The standard InChI is InChI=1S/C24H31Cl2N3O5S/c1-15(2)19-13-17(5-8-21(19)33-4)34-23-20(25)7-6-18(22(23)26)24(30)28(3)14-16-9-11-29(12-10-16)35(27,31)32/h5-8,13,15-16H,9-12,14H2,1-4H3,(H2,27,31,32). The summed E-state index contributed by atoms with van der Waals surface area (Å²) in [7, 11) is -0.379. The summed E-state index contributed by atoms with van der Waals surface area (Å²) in [5.74, 6) is 1.56. The number of halogens is 2. The third-order valence-electron chi connectivity index (χ3n) is 6.13. The van der Waals surface area contributed by atoms with Crippen LogP contribution in [0.3, 0.4) is 0 Å². The quantitative estimate of drug-likeness (QED) is 0.509. The maximum Gasteiger partial charge on any atom is 0.276 e. The fourth-order valence-electron chi connectivity index (χ4n) is 4.16. The predicted octanol–water partition coefficient (Wildman–Crippen LogP) is 4.91. The lowest BCUT2D eigenvalue weighted by molar-refractivity contribution is 0.0754. The zero-order chi connectivity index (χ0) is 25.9. The van der Waals surface area contributed by atoms with Crippen molar-refractivity contribution in [1.29, 1.82) is 0 Å². The number of carbonyl (C=O) groups is 1. The van der Waals surface area contributed by atoms with Crippen LogP contribution in [0.5, 0.6) is 17.2 Å². The van der Waals surface area contributed by atoms with Crippen LogP contribution in [-0.2, 0) is 10.2 Å². The minimum atomic E-state index is -3.69. The maximum absolute atomic E-state index is 13.2. The van der Waals surface area contributed by atoms with Crippen molar-refractivity contribution in [1.82, 2.24) is 9.21 Å². The number of rotatable bonds is 8. The minimum Gasteiger partial charge on any atom is -0.496 e. The molecule has 35 heavy (non-hydrogen) atoms. The molecule has 1 aliphatic rings. The Balaban J connectivity index is 1.76. The van der Waals surface area contributed by atoms with E-state index < -0.39 is 10.2 Å². The number of hydrogen-bond acceptors (Lipinski definition) is 5. The number of benzene rings is 2. The van der Waals surface area contributed by atoms with Crippen LogP contribution < -0.4 is 14.6 Å². The van der Waals surface area contributed by atoms with Crippen LogP contribution in [0.1, 0.15) is 48.5 Å². The number of piperidine rings is 1. The summed E-state index contributed by atoms with van der Waals surface area (Å²) in [6, 6.07) is 8.60. The minimum absolute atomic E-state index is 0.125. The Kier molecular flexibility index (Phi) is 8.93. The van der Waals surface area contributed by atoms with Crippen molar-refractivity contribution in [3.8, 4) is 17.2 Å². The SMILES string of the molecule is COc1ccc(Oc2c(Cl)ccc(C(=O)N(C)CC3CCN(S(N)(=O)=O)CC3)c2Cl)cc1C(C)C. The molecule has 0 unspecified atom stereocenters. The summed E-state index contributed by atoms with van der Waals surface area (Å²) in [6.45, 7) is 5.24. The van der Waals surface area contributed by atoms with E-state index >= 15 is 0 Å². The van der Waals surface area contributed by atoms with Gasteiger partial charge in [0.25, 0.3) is 16.1 Å². The number of hydrogen-bond donors (Lipinski definition) is 1. The number of amides is 1. The lowest BCUT2D eigenvalue weighted by Crippen LogP contribution is -2.44. The van der Waals surface area contributed by atoms with Gasteiger partial charge in [-0.3, -0.25) is 4.79 Å². The normalized spacial score (nSPS) is 15.3. The molecule has 0 aliphatic carbocycles. The molecule has 8 nitrogen and oxygen atoms in total. The van der Waals surface area contributed by atoms with Crippen LogP contribution in [0.2, 0.25) is 10.0 Å². The number of nitrogens with two attached hydrogens (primary N) is 1. The van der Waals surface area contributed by atoms with E-state index in [9.17, 15) is 13.2 Å². The summed E-state index contributed by atoms with van der Waals surface area (Å²) in [4.78, 5) is 14.8. The van der Waals surface area contributed by atoms with Crippen LogP contribution in [0.15, 0.2) is 30.3 Å². The molecule has 2 aromatic rings. The molecule has 1 amide bonds. The van der Waals surface area contributed by atoms with Gasteiger partial charge in [0.1, 0.15) is 11.5 Å². The Morgan fingerprint density at radius 3 is 2.43 bits per heavy atom. The van der Waals surface area contributed by atoms with Crippen molar-refractivity contribution in [3.63, 3.8) is 0 Å². The molecule has 0 spiro atoms. The van der Waals surface area contributed by atoms with Gasteiger partial charge >= 0.3 is 0 Å². The van der Waals surface area contributed by atoms with Gasteiger partial charge < -0.3 is 14.4 Å². The number of nitrogens with zero attached hydrogens (tertiary/aromatic N) is 2. The van der Waals surface area contributed by atoms with E-state index in [4.69, 9.17) is 37.8 Å². The van der Waals surface area contributed by atoms with Gasteiger partial charge in [0.05, 0.1) is 22.7 Å². The van der Waals surface area contributed by atoms with Gasteiger partial charge in [-0.1, -0.05) is 37.0 Å². The maximum atomic E-state index is 13.2. The number of carbonyl (C=O) groups excluding carboxylic acids is 1. The molecule has 0 radical (unpaired) electrons. The zero-order valence-electron chi connectivity index (χ0n) is 20.3. The van der Waals surface area contributed by atoms with Crippen molar-refractivity contribution >= 4 is 39.3 Å². The third-order valence-corrected chi connectivity index (χ3v) is 7.89.